The van der Waals surface area contributed by atoms with Crippen molar-refractivity contribution in [1.82, 2.24) is 10.1 Å². The fraction of sp³-hybridized carbons (Fsp3) is 0.273. The summed E-state index contributed by atoms with van der Waals surface area (Å²) in [6.07, 6.45) is 1.13. The Morgan fingerprint density at radius 3 is 2.74 bits per heavy atom. The summed E-state index contributed by atoms with van der Waals surface area (Å²) in [5.74, 6) is 0.321. The number of hydrogen-bond acceptors (Lipinski definition) is 6. The zero-order valence-corrected chi connectivity index (χ0v) is 12.7. The van der Waals surface area contributed by atoms with Gasteiger partial charge in [0.1, 0.15) is 5.25 Å². The van der Waals surface area contributed by atoms with E-state index < -0.39 is 15.1 Å². The maximum Gasteiger partial charge on any atom is 0.260 e. The van der Waals surface area contributed by atoms with Gasteiger partial charge in [0, 0.05) is 10.7 Å². The molecular weight excluding hydrogens is 334 g/mol. The fourth-order valence-electron chi connectivity index (χ4n) is 1.42. The van der Waals surface area contributed by atoms with E-state index in [-0.39, 0.29) is 11.7 Å². The number of nitrogens with zero attached hydrogens (tertiary/aromatic N) is 2. The monoisotopic (exact) mass is 345 g/mol. The number of halogens is 1. The van der Waals surface area contributed by atoms with Crippen molar-refractivity contribution in [2.45, 2.75) is 12.2 Å². The van der Waals surface area contributed by atoms with Crippen molar-refractivity contribution < 1.29 is 12.9 Å². The summed E-state index contributed by atoms with van der Waals surface area (Å²) in [5, 5.41) is 2.87. The van der Waals surface area contributed by atoms with Gasteiger partial charge in [-0.15, -0.1) is 0 Å². The molecule has 0 saturated carbocycles. The van der Waals surface area contributed by atoms with Gasteiger partial charge in [-0.25, -0.2) is 8.42 Å². The van der Waals surface area contributed by atoms with E-state index >= 15 is 0 Å². The van der Waals surface area contributed by atoms with Crippen LogP contribution in [0.5, 0.6) is 0 Å². The first kappa shape index (κ1) is 14.0. The van der Waals surface area contributed by atoms with Gasteiger partial charge in [-0.05, 0) is 35.0 Å². The van der Waals surface area contributed by atoms with Crippen LogP contribution < -0.4 is 5.73 Å². The van der Waals surface area contributed by atoms with E-state index in [1.165, 1.54) is 6.92 Å². The summed E-state index contributed by atoms with van der Waals surface area (Å²) < 4.78 is 28.7. The number of aromatic nitrogens is 2. The number of benzene rings is 1. The molecule has 0 aliphatic rings. The van der Waals surface area contributed by atoms with Crippen LogP contribution in [-0.2, 0) is 9.84 Å². The highest BCUT2D eigenvalue weighted by Gasteiger charge is 2.24. The van der Waals surface area contributed by atoms with Gasteiger partial charge >= 0.3 is 0 Å². The predicted molar refractivity (Wildman–Crippen MR) is 75.1 cm³/mol. The molecule has 0 aliphatic carbocycles. The van der Waals surface area contributed by atoms with Gasteiger partial charge in [0.15, 0.2) is 15.7 Å². The number of nitrogen functional groups attached to an aromatic ring is 1. The summed E-state index contributed by atoms with van der Waals surface area (Å²) >= 11 is 3.30. The summed E-state index contributed by atoms with van der Waals surface area (Å²) in [4.78, 5) is 4.09. The Labute approximate surface area is 119 Å². The molecule has 2 rings (SSSR count). The lowest BCUT2D eigenvalue weighted by molar-refractivity contribution is 0.422. The van der Waals surface area contributed by atoms with E-state index in [1.807, 2.05) is 0 Å². The Morgan fingerprint density at radius 2 is 2.11 bits per heavy atom. The number of rotatable bonds is 3. The van der Waals surface area contributed by atoms with Crippen LogP contribution in [0, 0.1) is 0 Å². The molecule has 0 fully saturated rings. The van der Waals surface area contributed by atoms with Crippen molar-refractivity contribution in [3.8, 4) is 11.5 Å². The zero-order chi connectivity index (χ0) is 14.2. The molecule has 1 unspecified atom stereocenters. The first-order valence-electron chi connectivity index (χ1n) is 5.37. The number of anilines is 1. The quantitative estimate of drug-likeness (QED) is 0.856. The Bertz CT molecular complexity index is 712. The van der Waals surface area contributed by atoms with E-state index in [2.05, 4.69) is 26.1 Å². The van der Waals surface area contributed by atoms with Gasteiger partial charge < -0.3 is 10.3 Å². The second kappa shape index (κ2) is 4.93. The lowest BCUT2D eigenvalue weighted by Crippen LogP contribution is -2.09. The number of sulfone groups is 1. The van der Waals surface area contributed by atoms with Crippen LogP contribution >= 0.6 is 15.9 Å². The van der Waals surface area contributed by atoms with Crippen molar-refractivity contribution in [2.75, 3.05) is 12.0 Å². The van der Waals surface area contributed by atoms with Crippen molar-refractivity contribution in [2.24, 2.45) is 0 Å². The number of hydrogen-bond donors (Lipinski definition) is 1. The first-order valence-corrected chi connectivity index (χ1v) is 8.12. The Hall–Kier alpha value is -1.41. The van der Waals surface area contributed by atoms with Crippen LogP contribution in [0.4, 0.5) is 5.69 Å². The van der Waals surface area contributed by atoms with Crippen LogP contribution in [0.25, 0.3) is 11.5 Å². The van der Waals surface area contributed by atoms with Crippen LogP contribution in [0.15, 0.2) is 27.2 Å². The third kappa shape index (κ3) is 2.79. The molecule has 2 N–H and O–H groups in total. The molecule has 0 bridgehead atoms. The van der Waals surface area contributed by atoms with E-state index in [0.717, 1.165) is 6.26 Å². The third-order valence-electron chi connectivity index (χ3n) is 2.73. The molecule has 19 heavy (non-hydrogen) atoms. The Balaban J connectivity index is 2.45. The minimum atomic E-state index is -3.27. The second-order valence-corrected chi connectivity index (χ2v) is 7.35. The largest absolute Gasteiger partial charge is 0.397 e. The lowest BCUT2D eigenvalue weighted by atomic mass is 10.2. The molecule has 102 valence electrons. The molecule has 8 heteroatoms. The predicted octanol–water partition coefficient (Wildman–Crippen LogP) is 2.19. The van der Waals surface area contributed by atoms with Crippen molar-refractivity contribution in [3.05, 3.63) is 28.5 Å². The van der Waals surface area contributed by atoms with E-state index in [4.69, 9.17) is 10.3 Å². The lowest BCUT2D eigenvalue weighted by Gasteiger charge is -2.03. The molecular formula is C11H12BrN3O3S. The van der Waals surface area contributed by atoms with Crippen LogP contribution in [0.1, 0.15) is 18.0 Å². The maximum absolute atomic E-state index is 11.4. The number of nitrogens with two attached hydrogens (primary N) is 1. The Morgan fingerprint density at radius 1 is 1.42 bits per heavy atom. The van der Waals surface area contributed by atoms with Gasteiger partial charge in [0.2, 0.25) is 0 Å². The molecule has 1 atom stereocenters. The Kier molecular flexibility index (Phi) is 3.64. The molecule has 1 aromatic carbocycles. The molecule has 1 heterocycles. The summed E-state index contributed by atoms with van der Waals surface area (Å²) in [6, 6.07) is 5.29. The third-order valence-corrected chi connectivity index (χ3v) is 4.92. The molecule has 6 nitrogen and oxygen atoms in total. The smallest absolute Gasteiger partial charge is 0.260 e. The zero-order valence-electron chi connectivity index (χ0n) is 10.3. The molecule has 0 aliphatic heterocycles. The van der Waals surface area contributed by atoms with Gasteiger partial charge in [-0.2, -0.15) is 4.98 Å². The average Bonchev–Trinajstić information content (AvgIpc) is 2.79. The van der Waals surface area contributed by atoms with Gasteiger partial charge in [0.05, 0.1) is 11.3 Å². The highest BCUT2D eigenvalue weighted by Crippen LogP contribution is 2.31. The first-order chi connectivity index (χ1) is 8.80. The minimum absolute atomic E-state index is 0.122. The standard InChI is InChI=1S/C11H12BrN3O3S/c1-6(19(2,16)17)10-14-11(18-15-10)7-4-3-5-8(12)9(7)13/h3-6H,13H2,1-2H3. The molecule has 1 aromatic heterocycles. The molecule has 0 saturated heterocycles. The van der Waals surface area contributed by atoms with E-state index in [9.17, 15) is 8.42 Å². The maximum atomic E-state index is 11.4. The summed E-state index contributed by atoms with van der Waals surface area (Å²) in [5.41, 5.74) is 6.92. The van der Waals surface area contributed by atoms with E-state index in [0.29, 0.717) is 15.7 Å². The van der Waals surface area contributed by atoms with Gasteiger partial charge in [0.25, 0.3) is 5.89 Å². The van der Waals surface area contributed by atoms with Crippen molar-refractivity contribution >= 4 is 31.5 Å². The number of para-hydroxylation sites is 1. The van der Waals surface area contributed by atoms with Crippen LogP contribution in [-0.4, -0.2) is 24.8 Å². The topological polar surface area (TPSA) is 99.1 Å². The average molecular weight is 346 g/mol. The normalized spacial score (nSPS) is 13.4. The van der Waals surface area contributed by atoms with Gasteiger partial charge in [-0.1, -0.05) is 11.2 Å². The fourth-order valence-corrected chi connectivity index (χ4v) is 2.27. The summed E-state index contributed by atoms with van der Waals surface area (Å²) in [6.45, 7) is 1.51. The minimum Gasteiger partial charge on any atom is -0.397 e. The SMILES string of the molecule is CC(c1noc(-c2cccc(Br)c2N)n1)S(C)(=O)=O. The van der Waals surface area contributed by atoms with Crippen molar-refractivity contribution in [1.29, 1.82) is 0 Å². The van der Waals surface area contributed by atoms with Crippen LogP contribution in [0.3, 0.4) is 0 Å². The molecule has 0 radical (unpaired) electrons. The highest BCUT2D eigenvalue weighted by molar-refractivity contribution is 9.10. The summed E-state index contributed by atoms with van der Waals surface area (Å²) in [7, 11) is -3.27. The highest BCUT2D eigenvalue weighted by atomic mass is 79.9. The van der Waals surface area contributed by atoms with E-state index in [1.54, 1.807) is 18.2 Å². The van der Waals surface area contributed by atoms with Crippen molar-refractivity contribution in [3.63, 3.8) is 0 Å². The molecule has 2 aromatic rings. The van der Waals surface area contributed by atoms with Gasteiger partial charge in [-0.3, -0.25) is 0 Å². The van der Waals surface area contributed by atoms with Crippen LogP contribution in [0.2, 0.25) is 0 Å². The molecule has 0 amide bonds. The molecule has 0 spiro atoms. The second-order valence-electron chi connectivity index (χ2n) is 4.13.